The normalized spacial score (nSPS) is 28.1. The average molecular weight is 218 g/mol. The summed E-state index contributed by atoms with van der Waals surface area (Å²) in [5.41, 5.74) is 2.36. The van der Waals surface area contributed by atoms with Gasteiger partial charge in [0.05, 0.1) is 5.69 Å². The molecule has 0 amide bonds. The molecule has 0 aromatic carbocycles. The Balaban J connectivity index is 1.96. The highest BCUT2D eigenvalue weighted by atomic mass is 16.5. The molecule has 3 rings (SSSR count). The summed E-state index contributed by atoms with van der Waals surface area (Å²) in [6.07, 6.45) is 7.18. The molecule has 0 bridgehead atoms. The molecule has 0 radical (unpaired) electrons. The van der Waals surface area contributed by atoms with Crippen LogP contribution in [0.4, 0.5) is 5.69 Å². The van der Waals surface area contributed by atoms with E-state index in [-0.39, 0.29) is 0 Å². The van der Waals surface area contributed by atoms with Gasteiger partial charge in [0.1, 0.15) is 11.4 Å². The maximum Gasteiger partial charge on any atom is 0.159 e. The summed E-state index contributed by atoms with van der Waals surface area (Å²) >= 11 is 0. The number of hydrogen-bond acceptors (Lipinski definition) is 3. The molecule has 3 heteroatoms. The van der Waals surface area contributed by atoms with Crippen LogP contribution in [0, 0.1) is 5.92 Å². The van der Waals surface area contributed by atoms with Crippen molar-refractivity contribution in [1.82, 2.24) is 4.98 Å². The van der Waals surface area contributed by atoms with Gasteiger partial charge in [-0.3, -0.25) is 4.98 Å². The largest absolute Gasteiger partial charge is 0.471 e. The maximum absolute atomic E-state index is 5.51. The van der Waals surface area contributed by atoms with Gasteiger partial charge in [-0.15, -0.1) is 0 Å². The van der Waals surface area contributed by atoms with E-state index >= 15 is 0 Å². The van der Waals surface area contributed by atoms with E-state index in [0.29, 0.717) is 12.6 Å². The number of pyridine rings is 1. The number of hydrogen-bond donors (Lipinski definition) is 1. The van der Waals surface area contributed by atoms with Crippen molar-refractivity contribution in [3.63, 3.8) is 0 Å². The number of rotatable bonds is 1. The van der Waals surface area contributed by atoms with Gasteiger partial charge in [-0.1, -0.05) is 26.2 Å². The Kier molecular flexibility index (Phi) is 2.46. The minimum atomic E-state index is 0.592. The van der Waals surface area contributed by atoms with Crippen molar-refractivity contribution in [2.75, 3.05) is 12.0 Å². The Labute approximate surface area is 96.2 Å². The lowest BCUT2D eigenvalue weighted by Gasteiger charge is -2.29. The maximum atomic E-state index is 5.51. The summed E-state index contributed by atoms with van der Waals surface area (Å²) in [4.78, 5) is 4.58. The lowest BCUT2D eigenvalue weighted by atomic mass is 9.78. The molecule has 2 atom stereocenters. The Morgan fingerprint density at radius 3 is 3.12 bits per heavy atom. The SMILES string of the molecule is CC1CCCCC1c1nccc2c1NCO2. The monoisotopic (exact) mass is 218 g/mol. The van der Waals surface area contributed by atoms with Crippen LogP contribution in [0.1, 0.15) is 44.2 Å². The van der Waals surface area contributed by atoms with E-state index < -0.39 is 0 Å². The Hall–Kier alpha value is -1.25. The summed E-state index contributed by atoms with van der Waals surface area (Å²) in [6, 6.07) is 1.95. The zero-order chi connectivity index (χ0) is 11.0. The van der Waals surface area contributed by atoms with E-state index in [1.807, 2.05) is 12.3 Å². The standard InChI is InChI=1S/C13H18N2O/c1-9-4-2-3-5-10(9)12-13-11(6-7-14-12)16-8-15-13/h6-7,9-10,15H,2-5,8H2,1H3. The van der Waals surface area contributed by atoms with Crippen LogP contribution in [0.2, 0.25) is 0 Å². The third-order valence-corrected chi connectivity index (χ3v) is 3.88. The molecule has 16 heavy (non-hydrogen) atoms. The van der Waals surface area contributed by atoms with Crippen LogP contribution >= 0.6 is 0 Å². The van der Waals surface area contributed by atoms with Gasteiger partial charge in [0.15, 0.2) is 6.73 Å². The van der Waals surface area contributed by atoms with Gasteiger partial charge in [-0.2, -0.15) is 0 Å². The second-order valence-corrected chi connectivity index (χ2v) is 4.90. The van der Waals surface area contributed by atoms with Crippen molar-refractivity contribution in [2.45, 2.75) is 38.5 Å². The topological polar surface area (TPSA) is 34.2 Å². The number of nitrogens with zero attached hydrogens (tertiary/aromatic N) is 1. The quantitative estimate of drug-likeness (QED) is 0.786. The van der Waals surface area contributed by atoms with Crippen LogP contribution < -0.4 is 10.1 Å². The molecule has 3 nitrogen and oxygen atoms in total. The van der Waals surface area contributed by atoms with E-state index in [1.54, 1.807) is 0 Å². The summed E-state index contributed by atoms with van der Waals surface area (Å²) in [6.45, 7) is 2.94. The van der Waals surface area contributed by atoms with Crippen LogP contribution in [0.25, 0.3) is 0 Å². The molecular weight excluding hydrogens is 200 g/mol. The fraction of sp³-hybridized carbons (Fsp3) is 0.615. The number of ether oxygens (including phenoxy) is 1. The zero-order valence-corrected chi connectivity index (χ0v) is 9.70. The second kappa shape index (κ2) is 3.96. The third-order valence-electron chi connectivity index (χ3n) is 3.88. The van der Waals surface area contributed by atoms with Crippen molar-refractivity contribution in [3.05, 3.63) is 18.0 Å². The molecule has 2 heterocycles. The van der Waals surface area contributed by atoms with Crippen molar-refractivity contribution in [3.8, 4) is 5.75 Å². The number of nitrogens with one attached hydrogen (secondary N) is 1. The second-order valence-electron chi connectivity index (χ2n) is 4.90. The first-order valence-electron chi connectivity index (χ1n) is 6.22. The zero-order valence-electron chi connectivity index (χ0n) is 9.70. The number of anilines is 1. The predicted octanol–water partition coefficient (Wildman–Crippen LogP) is 3.14. The van der Waals surface area contributed by atoms with Gasteiger partial charge < -0.3 is 10.1 Å². The lowest BCUT2D eigenvalue weighted by molar-refractivity contribution is 0.326. The predicted molar refractivity (Wildman–Crippen MR) is 63.7 cm³/mol. The summed E-state index contributed by atoms with van der Waals surface area (Å²) in [7, 11) is 0. The van der Waals surface area contributed by atoms with Crippen molar-refractivity contribution in [1.29, 1.82) is 0 Å². The molecule has 0 spiro atoms. The molecule has 1 aliphatic heterocycles. The minimum Gasteiger partial charge on any atom is -0.471 e. The third kappa shape index (κ3) is 1.55. The van der Waals surface area contributed by atoms with Crippen molar-refractivity contribution < 1.29 is 4.74 Å². The number of aromatic nitrogens is 1. The van der Waals surface area contributed by atoms with Gasteiger partial charge in [0.25, 0.3) is 0 Å². The van der Waals surface area contributed by atoms with Crippen LogP contribution in [-0.2, 0) is 0 Å². The van der Waals surface area contributed by atoms with E-state index in [9.17, 15) is 0 Å². The molecule has 1 aliphatic carbocycles. The average Bonchev–Trinajstić information content (AvgIpc) is 2.77. The van der Waals surface area contributed by atoms with Gasteiger partial charge in [-0.05, 0) is 12.3 Å². The van der Waals surface area contributed by atoms with Crippen LogP contribution in [-0.4, -0.2) is 11.7 Å². The smallest absolute Gasteiger partial charge is 0.159 e. The van der Waals surface area contributed by atoms with E-state index in [4.69, 9.17) is 4.74 Å². The highest BCUT2D eigenvalue weighted by molar-refractivity contribution is 5.62. The molecule has 0 saturated heterocycles. The molecule has 1 aromatic rings. The molecular formula is C13H18N2O. The lowest BCUT2D eigenvalue weighted by Crippen LogP contribution is -2.17. The summed E-state index contributed by atoms with van der Waals surface area (Å²) in [5, 5.41) is 3.30. The molecule has 1 N–H and O–H groups in total. The summed E-state index contributed by atoms with van der Waals surface area (Å²) in [5.74, 6) is 2.33. The number of fused-ring (bicyclic) bond motifs is 1. The highest BCUT2D eigenvalue weighted by Gasteiger charge is 2.28. The molecule has 1 aromatic heterocycles. The highest BCUT2D eigenvalue weighted by Crippen LogP contribution is 2.43. The Morgan fingerprint density at radius 2 is 2.25 bits per heavy atom. The van der Waals surface area contributed by atoms with Gasteiger partial charge in [0, 0.05) is 18.2 Å². The molecule has 2 unspecified atom stereocenters. The molecule has 2 aliphatic rings. The molecule has 1 fully saturated rings. The van der Waals surface area contributed by atoms with Crippen LogP contribution in [0.5, 0.6) is 5.75 Å². The fourth-order valence-corrected chi connectivity index (χ4v) is 2.95. The first kappa shape index (κ1) is 9.94. The molecule has 1 saturated carbocycles. The van der Waals surface area contributed by atoms with Crippen LogP contribution in [0.3, 0.4) is 0 Å². The Morgan fingerprint density at radius 1 is 1.38 bits per heavy atom. The van der Waals surface area contributed by atoms with Gasteiger partial charge >= 0.3 is 0 Å². The van der Waals surface area contributed by atoms with E-state index in [0.717, 1.165) is 17.4 Å². The van der Waals surface area contributed by atoms with Crippen molar-refractivity contribution >= 4 is 5.69 Å². The summed E-state index contributed by atoms with van der Waals surface area (Å²) < 4.78 is 5.51. The minimum absolute atomic E-state index is 0.592. The first-order chi connectivity index (χ1) is 7.86. The first-order valence-corrected chi connectivity index (χ1v) is 6.22. The van der Waals surface area contributed by atoms with Crippen LogP contribution in [0.15, 0.2) is 12.3 Å². The Bertz CT molecular complexity index is 392. The molecule has 86 valence electrons. The van der Waals surface area contributed by atoms with Crippen molar-refractivity contribution in [2.24, 2.45) is 5.92 Å². The van der Waals surface area contributed by atoms with Gasteiger partial charge in [-0.25, -0.2) is 0 Å². The van der Waals surface area contributed by atoms with E-state index in [1.165, 1.54) is 31.4 Å². The fourth-order valence-electron chi connectivity index (χ4n) is 2.95. The van der Waals surface area contributed by atoms with E-state index in [2.05, 4.69) is 17.2 Å². The van der Waals surface area contributed by atoms with Gasteiger partial charge in [0.2, 0.25) is 0 Å².